The summed E-state index contributed by atoms with van der Waals surface area (Å²) in [6, 6.07) is 14.6. The number of amides is 1. The molecule has 1 N–H and O–H groups in total. The van der Waals surface area contributed by atoms with Crippen molar-refractivity contribution in [1.82, 2.24) is 4.90 Å². The number of fused-ring (bicyclic) bond motifs is 1. The Morgan fingerprint density at radius 3 is 2.45 bits per heavy atom. The monoisotopic (exact) mass is 443 g/mol. The van der Waals surface area contributed by atoms with Gasteiger partial charge in [0.2, 0.25) is 0 Å². The Labute approximate surface area is 183 Å². The van der Waals surface area contributed by atoms with Crippen LogP contribution in [0.25, 0.3) is 0 Å². The van der Waals surface area contributed by atoms with Crippen LogP contribution in [0.2, 0.25) is 10.0 Å². The Hall–Kier alpha value is -2.18. The fraction of sp³-hybridized carbons (Fsp3) is 0.182. The molecule has 1 aliphatic rings. The van der Waals surface area contributed by atoms with Gasteiger partial charge in [0.1, 0.15) is 5.00 Å². The number of rotatable bonds is 4. The van der Waals surface area contributed by atoms with Crippen LogP contribution in [-0.2, 0) is 13.0 Å². The SMILES string of the molecule is CN1CCc2c(sc(N=Cc3ccc(Cl)cc3)c2C(=O)Nc2ccc(Cl)cc2)C1. The Bertz CT molecular complexity index is 1060. The lowest BCUT2D eigenvalue weighted by Crippen LogP contribution is -2.26. The van der Waals surface area contributed by atoms with E-state index in [1.165, 1.54) is 4.88 Å². The Morgan fingerprint density at radius 2 is 1.76 bits per heavy atom. The summed E-state index contributed by atoms with van der Waals surface area (Å²) in [4.78, 5) is 21.3. The van der Waals surface area contributed by atoms with Crippen LogP contribution in [0.5, 0.6) is 0 Å². The van der Waals surface area contributed by atoms with Gasteiger partial charge in [-0.2, -0.15) is 0 Å². The van der Waals surface area contributed by atoms with E-state index in [4.69, 9.17) is 23.2 Å². The molecule has 0 bridgehead atoms. The molecule has 1 amide bonds. The topological polar surface area (TPSA) is 44.7 Å². The smallest absolute Gasteiger partial charge is 0.259 e. The summed E-state index contributed by atoms with van der Waals surface area (Å²) in [7, 11) is 2.09. The van der Waals surface area contributed by atoms with Crippen molar-refractivity contribution in [3.8, 4) is 0 Å². The largest absolute Gasteiger partial charge is 0.322 e. The van der Waals surface area contributed by atoms with E-state index in [0.717, 1.165) is 35.6 Å². The molecule has 1 aromatic heterocycles. The van der Waals surface area contributed by atoms with Gasteiger partial charge in [-0.3, -0.25) is 4.79 Å². The number of hydrogen-bond donors (Lipinski definition) is 1. The average molecular weight is 444 g/mol. The van der Waals surface area contributed by atoms with Crippen molar-refractivity contribution >= 4 is 57.3 Å². The summed E-state index contributed by atoms with van der Waals surface area (Å²) in [5.74, 6) is -0.141. The van der Waals surface area contributed by atoms with Crippen molar-refractivity contribution in [3.05, 3.63) is 80.1 Å². The molecule has 0 atom stereocenters. The van der Waals surface area contributed by atoms with Gasteiger partial charge in [0, 0.05) is 39.9 Å². The minimum atomic E-state index is -0.141. The summed E-state index contributed by atoms with van der Waals surface area (Å²) in [5.41, 5.74) is 3.41. The molecular formula is C22H19Cl2N3OS. The first-order valence-corrected chi connectivity index (χ1v) is 10.8. The van der Waals surface area contributed by atoms with Crippen LogP contribution in [0, 0.1) is 0 Å². The number of anilines is 1. The molecule has 1 aliphatic heterocycles. The molecule has 0 unspecified atom stereocenters. The first kappa shape index (κ1) is 20.1. The molecule has 0 saturated heterocycles. The predicted molar refractivity (Wildman–Crippen MR) is 122 cm³/mol. The van der Waals surface area contributed by atoms with Gasteiger partial charge in [-0.15, -0.1) is 11.3 Å². The molecule has 4 nitrogen and oxygen atoms in total. The fourth-order valence-corrected chi connectivity index (χ4v) is 4.77. The molecule has 0 aliphatic carbocycles. The number of thiophene rings is 1. The summed E-state index contributed by atoms with van der Waals surface area (Å²) >= 11 is 13.5. The maximum Gasteiger partial charge on any atom is 0.259 e. The predicted octanol–water partition coefficient (Wildman–Crippen LogP) is 6.05. The van der Waals surface area contributed by atoms with Gasteiger partial charge in [-0.1, -0.05) is 35.3 Å². The molecule has 2 aromatic carbocycles. The third kappa shape index (κ3) is 4.70. The van der Waals surface area contributed by atoms with Crippen molar-refractivity contribution in [2.75, 3.05) is 18.9 Å². The fourth-order valence-electron chi connectivity index (χ4n) is 3.25. The lowest BCUT2D eigenvalue weighted by Gasteiger charge is -2.22. The van der Waals surface area contributed by atoms with Gasteiger partial charge in [0.05, 0.1) is 5.56 Å². The Kier molecular flexibility index (Phi) is 6.01. The minimum absolute atomic E-state index is 0.141. The van der Waals surface area contributed by atoms with Gasteiger partial charge in [0.25, 0.3) is 5.91 Å². The van der Waals surface area contributed by atoms with E-state index in [0.29, 0.717) is 21.3 Å². The summed E-state index contributed by atoms with van der Waals surface area (Å²) in [5, 5.41) is 5.02. The molecule has 0 fully saturated rings. The van der Waals surface area contributed by atoms with Gasteiger partial charge < -0.3 is 10.2 Å². The molecule has 4 rings (SSSR count). The first-order valence-electron chi connectivity index (χ1n) is 9.19. The van der Waals surface area contributed by atoms with Crippen molar-refractivity contribution in [1.29, 1.82) is 0 Å². The number of carbonyl (C=O) groups excluding carboxylic acids is 1. The van der Waals surface area contributed by atoms with Gasteiger partial charge in [-0.25, -0.2) is 4.99 Å². The Morgan fingerprint density at radius 1 is 1.10 bits per heavy atom. The molecule has 148 valence electrons. The number of aliphatic imine (C=N–C) groups is 1. The second-order valence-electron chi connectivity index (χ2n) is 6.94. The Balaban J connectivity index is 1.67. The summed E-state index contributed by atoms with van der Waals surface area (Å²) < 4.78 is 0. The number of benzene rings is 2. The maximum absolute atomic E-state index is 13.1. The van der Waals surface area contributed by atoms with E-state index in [1.54, 1.807) is 41.8 Å². The van der Waals surface area contributed by atoms with E-state index in [1.807, 2.05) is 24.3 Å². The van der Waals surface area contributed by atoms with Gasteiger partial charge in [0.15, 0.2) is 0 Å². The van der Waals surface area contributed by atoms with Crippen LogP contribution < -0.4 is 5.32 Å². The quantitative estimate of drug-likeness (QED) is 0.499. The van der Waals surface area contributed by atoms with Crippen molar-refractivity contribution in [3.63, 3.8) is 0 Å². The third-order valence-corrected chi connectivity index (χ3v) is 6.39. The lowest BCUT2D eigenvalue weighted by molar-refractivity contribution is 0.102. The van der Waals surface area contributed by atoms with E-state index in [9.17, 15) is 4.79 Å². The van der Waals surface area contributed by atoms with Crippen LogP contribution in [0.3, 0.4) is 0 Å². The highest BCUT2D eigenvalue weighted by molar-refractivity contribution is 7.16. The standard InChI is InChI=1S/C22H19Cl2N3OS/c1-27-11-10-18-19(13-27)29-22(25-12-14-2-4-15(23)5-3-14)20(18)21(28)26-17-8-6-16(24)7-9-17/h2-9,12H,10-11,13H2,1H3,(H,26,28). The third-order valence-electron chi connectivity index (χ3n) is 4.76. The van der Waals surface area contributed by atoms with Crippen molar-refractivity contribution in [2.45, 2.75) is 13.0 Å². The molecule has 0 saturated carbocycles. The summed E-state index contributed by atoms with van der Waals surface area (Å²) in [6.07, 6.45) is 2.61. The maximum atomic E-state index is 13.1. The number of nitrogens with zero attached hydrogens (tertiary/aromatic N) is 2. The molecule has 3 aromatic rings. The molecule has 0 radical (unpaired) electrons. The van der Waals surface area contributed by atoms with Crippen LogP contribution in [0.15, 0.2) is 53.5 Å². The van der Waals surface area contributed by atoms with Gasteiger partial charge in [-0.05, 0) is 61.0 Å². The number of hydrogen-bond acceptors (Lipinski definition) is 4. The van der Waals surface area contributed by atoms with Crippen LogP contribution in [0.4, 0.5) is 10.7 Å². The van der Waals surface area contributed by atoms with Crippen LogP contribution in [0.1, 0.15) is 26.4 Å². The molecular weight excluding hydrogens is 425 g/mol. The van der Waals surface area contributed by atoms with E-state index in [-0.39, 0.29) is 5.91 Å². The van der Waals surface area contributed by atoms with E-state index < -0.39 is 0 Å². The lowest BCUT2D eigenvalue weighted by atomic mass is 10.0. The highest BCUT2D eigenvalue weighted by Gasteiger charge is 2.26. The average Bonchev–Trinajstić information content (AvgIpc) is 3.06. The zero-order valence-electron chi connectivity index (χ0n) is 15.8. The van der Waals surface area contributed by atoms with E-state index in [2.05, 4.69) is 22.3 Å². The number of carbonyl (C=O) groups is 1. The molecule has 29 heavy (non-hydrogen) atoms. The zero-order chi connectivity index (χ0) is 20.4. The first-order chi connectivity index (χ1) is 14.0. The normalized spacial score (nSPS) is 14.2. The second kappa shape index (κ2) is 8.67. The number of halogens is 2. The van der Waals surface area contributed by atoms with Crippen LogP contribution in [-0.4, -0.2) is 30.6 Å². The minimum Gasteiger partial charge on any atom is -0.322 e. The molecule has 0 spiro atoms. The number of likely N-dealkylation sites (N-methyl/N-ethyl adjacent to an activating group) is 1. The van der Waals surface area contributed by atoms with Crippen molar-refractivity contribution < 1.29 is 4.79 Å². The highest BCUT2D eigenvalue weighted by atomic mass is 35.5. The second-order valence-corrected chi connectivity index (χ2v) is 8.90. The van der Waals surface area contributed by atoms with E-state index >= 15 is 0 Å². The number of nitrogens with one attached hydrogen (secondary N) is 1. The highest BCUT2D eigenvalue weighted by Crippen LogP contribution is 2.39. The molecule has 2 heterocycles. The van der Waals surface area contributed by atoms with Gasteiger partial charge >= 0.3 is 0 Å². The van der Waals surface area contributed by atoms with Crippen molar-refractivity contribution in [2.24, 2.45) is 4.99 Å². The summed E-state index contributed by atoms with van der Waals surface area (Å²) in [6.45, 7) is 1.75. The zero-order valence-corrected chi connectivity index (χ0v) is 18.1. The molecule has 7 heteroatoms. The van der Waals surface area contributed by atoms with Crippen LogP contribution >= 0.6 is 34.5 Å².